The first-order chi connectivity index (χ1) is 8.03. The van der Waals surface area contributed by atoms with Crippen molar-refractivity contribution in [3.05, 3.63) is 24.3 Å². The third-order valence-electron chi connectivity index (χ3n) is 2.94. The van der Waals surface area contributed by atoms with E-state index < -0.39 is 9.84 Å². The molecule has 0 amide bonds. The second kappa shape index (κ2) is 4.66. The van der Waals surface area contributed by atoms with Gasteiger partial charge in [-0.15, -0.1) is 0 Å². The highest BCUT2D eigenvalue weighted by Crippen LogP contribution is 2.22. The van der Waals surface area contributed by atoms with E-state index in [4.69, 9.17) is 5.73 Å². The van der Waals surface area contributed by atoms with Gasteiger partial charge in [0.2, 0.25) is 0 Å². The lowest BCUT2D eigenvalue weighted by Crippen LogP contribution is -2.55. The van der Waals surface area contributed by atoms with Crippen molar-refractivity contribution in [2.24, 2.45) is 5.73 Å². The highest BCUT2D eigenvalue weighted by atomic mass is 32.2. The van der Waals surface area contributed by atoms with Crippen LogP contribution in [0.3, 0.4) is 0 Å². The van der Waals surface area contributed by atoms with Crippen molar-refractivity contribution in [2.75, 3.05) is 23.7 Å². The van der Waals surface area contributed by atoms with Crippen LogP contribution >= 0.6 is 0 Å². The van der Waals surface area contributed by atoms with Crippen LogP contribution < -0.4 is 10.6 Å². The predicted molar refractivity (Wildman–Crippen MR) is 69.0 cm³/mol. The molecule has 1 heterocycles. The lowest BCUT2D eigenvalue weighted by molar-refractivity contribution is 0.519. The summed E-state index contributed by atoms with van der Waals surface area (Å²) in [6.45, 7) is 3.56. The maximum Gasteiger partial charge on any atom is 0.178 e. The molecule has 0 saturated carbocycles. The summed E-state index contributed by atoms with van der Waals surface area (Å²) in [5.74, 6) is 0.209. The summed E-state index contributed by atoms with van der Waals surface area (Å²) in [6, 6.07) is 7.33. The van der Waals surface area contributed by atoms with Crippen LogP contribution in [0.25, 0.3) is 0 Å². The molecular weight excluding hydrogens is 236 g/mol. The largest absolute Gasteiger partial charge is 0.368 e. The Labute approximate surface area is 102 Å². The quantitative estimate of drug-likeness (QED) is 0.871. The Morgan fingerprint density at radius 3 is 2.35 bits per heavy atom. The first-order valence-corrected chi connectivity index (χ1v) is 7.51. The monoisotopic (exact) mass is 254 g/mol. The van der Waals surface area contributed by atoms with Crippen LogP contribution in [-0.2, 0) is 9.84 Å². The second-order valence-corrected chi connectivity index (χ2v) is 6.59. The molecule has 0 aliphatic carbocycles. The second-order valence-electron chi connectivity index (χ2n) is 4.48. The third-order valence-corrected chi connectivity index (χ3v) is 4.88. The Balaban J connectivity index is 2.13. The molecule has 0 unspecified atom stereocenters. The fourth-order valence-electron chi connectivity index (χ4n) is 1.97. The molecule has 1 aromatic rings. The average molecular weight is 254 g/mol. The zero-order chi connectivity index (χ0) is 12.5. The van der Waals surface area contributed by atoms with E-state index in [0.29, 0.717) is 11.3 Å². The minimum atomic E-state index is -3.10. The van der Waals surface area contributed by atoms with E-state index in [0.717, 1.165) is 18.8 Å². The van der Waals surface area contributed by atoms with Crippen LogP contribution in [0.1, 0.15) is 13.3 Å². The molecule has 0 bridgehead atoms. The average Bonchev–Trinajstić information content (AvgIpc) is 2.25. The highest BCUT2D eigenvalue weighted by molar-refractivity contribution is 7.91. The van der Waals surface area contributed by atoms with Gasteiger partial charge in [0.05, 0.1) is 10.6 Å². The molecule has 2 N–H and O–H groups in total. The van der Waals surface area contributed by atoms with E-state index in [9.17, 15) is 8.42 Å². The summed E-state index contributed by atoms with van der Waals surface area (Å²) in [5.41, 5.74) is 6.75. The molecule has 17 heavy (non-hydrogen) atoms. The van der Waals surface area contributed by atoms with Gasteiger partial charge >= 0.3 is 0 Å². The van der Waals surface area contributed by atoms with Gasteiger partial charge < -0.3 is 10.6 Å². The summed E-state index contributed by atoms with van der Waals surface area (Å²) in [5, 5.41) is 0. The molecule has 4 nitrogen and oxygen atoms in total. The lowest BCUT2D eigenvalue weighted by atomic mass is 10.1. The smallest absolute Gasteiger partial charge is 0.178 e. The van der Waals surface area contributed by atoms with Gasteiger partial charge in [0.25, 0.3) is 0 Å². The number of hydrogen-bond donors (Lipinski definition) is 1. The minimum absolute atomic E-state index is 0.209. The first-order valence-electron chi connectivity index (χ1n) is 5.86. The third kappa shape index (κ3) is 2.61. The minimum Gasteiger partial charge on any atom is -0.368 e. The highest BCUT2D eigenvalue weighted by Gasteiger charge is 2.23. The number of nitrogens with zero attached hydrogens (tertiary/aromatic N) is 1. The fraction of sp³-hybridized carbons (Fsp3) is 0.500. The molecule has 0 radical (unpaired) electrons. The topological polar surface area (TPSA) is 63.4 Å². The predicted octanol–water partition coefficient (Wildman–Crippen LogP) is 1.02. The van der Waals surface area contributed by atoms with Gasteiger partial charge in [0.15, 0.2) is 9.84 Å². The molecule has 2 rings (SSSR count). The van der Waals surface area contributed by atoms with Gasteiger partial charge in [-0.05, 0) is 30.7 Å². The Morgan fingerprint density at radius 1 is 1.29 bits per heavy atom. The van der Waals surface area contributed by atoms with Gasteiger partial charge in [-0.2, -0.15) is 0 Å². The molecular formula is C12H18N2O2S. The molecule has 0 atom stereocenters. The molecule has 1 fully saturated rings. The maximum atomic E-state index is 11.8. The Hall–Kier alpha value is -1.07. The van der Waals surface area contributed by atoms with Crippen molar-refractivity contribution >= 4 is 15.5 Å². The maximum absolute atomic E-state index is 11.8. The fourth-order valence-corrected chi connectivity index (χ4v) is 3.30. The van der Waals surface area contributed by atoms with Gasteiger partial charge in [-0.1, -0.05) is 6.92 Å². The standard InChI is InChI=1S/C12H18N2O2S/c1-2-7-17(15,16)12-5-3-11(4-6-12)14-8-10(13)9-14/h3-6,10H,2,7-9,13H2,1H3. The summed E-state index contributed by atoms with van der Waals surface area (Å²) in [4.78, 5) is 2.55. The molecule has 1 aliphatic rings. The zero-order valence-corrected chi connectivity index (χ0v) is 10.8. The summed E-state index contributed by atoms with van der Waals surface area (Å²) in [6.07, 6.45) is 0.644. The Kier molecular flexibility index (Phi) is 3.40. The van der Waals surface area contributed by atoms with Crippen LogP contribution in [0.4, 0.5) is 5.69 Å². The van der Waals surface area contributed by atoms with Gasteiger partial charge in [0, 0.05) is 24.8 Å². The van der Waals surface area contributed by atoms with E-state index in [1.165, 1.54) is 0 Å². The van der Waals surface area contributed by atoms with Crippen molar-refractivity contribution in [3.8, 4) is 0 Å². The molecule has 1 aliphatic heterocycles. The van der Waals surface area contributed by atoms with E-state index in [1.807, 2.05) is 19.1 Å². The normalized spacial score (nSPS) is 16.9. The van der Waals surface area contributed by atoms with Crippen molar-refractivity contribution in [1.82, 2.24) is 0 Å². The van der Waals surface area contributed by atoms with Crippen LogP contribution in [0.5, 0.6) is 0 Å². The van der Waals surface area contributed by atoms with E-state index in [-0.39, 0.29) is 11.8 Å². The van der Waals surface area contributed by atoms with Crippen molar-refractivity contribution in [2.45, 2.75) is 24.3 Å². The molecule has 0 aromatic heterocycles. The number of rotatable bonds is 4. The Morgan fingerprint density at radius 2 is 1.88 bits per heavy atom. The van der Waals surface area contributed by atoms with Crippen molar-refractivity contribution < 1.29 is 8.42 Å². The summed E-state index contributed by atoms with van der Waals surface area (Å²) < 4.78 is 23.6. The van der Waals surface area contributed by atoms with Crippen molar-refractivity contribution in [1.29, 1.82) is 0 Å². The molecule has 1 aromatic carbocycles. The van der Waals surface area contributed by atoms with Crippen LogP contribution in [0, 0.1) is 0 Å². The van der Waals surface area contributed by atoms with E-state index >= 15 is 0 Å². The van der Waals surface area contributed by atoms with Gasteiger partial charge in [-0.25, -0.2) is 8.42 Å². The SMILES string of the molecule is CCCS(=O)(=O)c1ccc(N2CC(N)C2)cc1. The van der Waals surface area contributed by atoms with E-state index in [2.05, 4.69) is 4.90 Å². The molecule has 0 spiro atoms. The molecule has 1 saturated heterocycles. The van der Waals surface area contributed by atoms with E-state index in [1.54, 1.807) is 12.1 Å². The molecule has 94 valence electrons. The zero-order valence-electron chi connectivity index (χ0n) is 9.96. The molecule has 5 heteroatoms. The lowest BCUT2D eigenvalue weighted by Gasteiger charge is -2.38. The number of anilines is 1. The van der Waals surface area contributed by atoms with Gasteiger partial charge in [0.1, 0.15) is 0 Å². The van der Waals surface area contributed by atoms with Crippen LogP contribution in [0.15, 0.2) is 29.2 Å². The van der Waals surface area contributed by atoms with Crippen LogP contribution in [-0.4, -0.2) is 33.3 Å². The first kappa shape index (κ1) is 12.4. The van der Waals surface area contributed by atoms with Crippen molar-refractivity contribution in [3.63, 3.8) is 0 Å². The Bertz CT molecular complexity index is 476. The summed E-state index contributed by atoms with van der Waals surface area (Å²) >= 11 is 0. The number of nitrogens with two attached hydrogens (primary N) is 1. The van der Waals surface area contributed by atoms with Crippen LogP contribution in [0.2, 0.25) is 0 Å². The number of benzene rings is 1. The summed E-state index contributed by atoms with van der Waals surface area (Å²) in [7, 11) is -3.10. The number of hydrogen-bond acceptors (Lipinski definition) is 4. The van der Waals surface area contributed by atoms with Gasteiger partial charge in [-0.3, -0.25) is 0 Å². The number of sulfone groups is 1.